The SMILES string of the molecule is COC(=O)c1cnc(N2CCC(C(C)C)C2)cn1. The number of anilines is 1. The summed E-state index contributed by atoms with van der Waals surface area (Å²) in [7, 11) is 1.34. The molecule has 2 heterocycles. The van der Waals surface area contributed by atoms with Crippen molar-refractivity contribution in [2.75, 3.05) is 25.1 Å². The van der Waals surface area contributed by atoms with E-state index >= 15 is 0 Å². The van der Waals surface area contributed by atoms with Crippen molar-refractivity contribution in [3.05, 3.63) is 18.1 Å². The van der Waals surface area contributed by atoms with Crippen molar-refractivity contribution in [2.45, 2.75) is 20.3 Å². The van der Waals surface area contributed by atoms with E-state index in [0.717, 1.165) is 18.9 Å². The molecule has 5 nitrogen and oxygen atoms in total. The number of carbonyl (C=O) groups is 1. The minimum Gasteiger partial charge on any atom is -0.464 e. The smallest absolute Gasteiger partial charge is 0.358 e. The summed E-state index contributed by atoms with van der Waals surface area (Å²) in [6.07, 6.45) is 4.32. The van der Waals surface area contributed by atoms with Gasteiger partial charge >= 0.3 is 5.97 Å². The second-order valence-corrected chi connectivity index (χ2v) is 4.99. The van der Waals surface area contributed by atoms with Crippen LogP contribution in [0.3, 0.4) is 0 Å². The van der Waals surface area contributed by atoms with E-state index in [1.807, 2.05) is 0 Å². The molecule has 0 aliphatic carbocycles. The minimum absolute atomic E-state index is 0.251. The monoisotopic (exact) mass is 249 g/mol. The summed E-state index contributed by atoms with van der Waals surface area (Å²) in [6, 6.07) is 0. The van der Waals surface area contributed by atoms with Crippen molar-refractivity contribution in [2.24, 2.45) is 11.8 Å². The highest BCUT2D eigenvalue weighted by molar-refractivity contribution is 5.86. The molecule has 1 unspecified atom stereocenters. The van der Waals surface area contributed by atoms with Gasteiger partial charge in [0.25, 0.3) is 0 Å². The Morgan fingerprint density at radius 3 is 2.72 bits per heavy atom. The van der Waals surface area contributed by atoms with E-state index in [9.17, 15) is 4.79 Å². The largest absolute Gasteiger partial charge is 0.464 e. The average Bonchev–Trinajstić information content (AvgIpc) is 2.88. The van der Waals surface area contributed by atoms with Crippen molar-refractivity contribution in [1.82, 2.24) is 9.97 Å². The zero-order valence-corrected chi connectivity index (χ0v) is 11.1. The van der Waals surface area contributed by atoms with Crippen LogP contribution < -0.4 is 4.90 Å². The summed E-state index contributed by atoms with van der Waals surface area (Å²) >= 11 is 0. The summed E-state index contributed by atoms with van der Waals surface area (Å²) in [5.41, 5.74) is 0.251. The molecule has 1 saturated heterocycles. The van der Waals surface area contributed by atoms with Gasteiger partial charge in [-0.25, -0.2) is 14.8 Å². The van der Waals surface area contributed by atoms with Crippen LogP contribution in [0, 0.1) is 11.8 Å². The van der Waals surface area contributed by atoms with E-state index in [0.29, 0.717) is 11.8 Å². The lowest BCUT2D eigenvalue weighted by molar-refractivity contribution is 0.0593. The highest BCUT2D eigenvalue weighted by Crippen LogP contribution is 2.26. The Balaban J connectivity index is 2.05. The van der Waals surface area contributed by atoms with Crippen LogP contribution in [-0.4, -0.2) is 36.1 Å². The van der Waals surface area contributed by atoms with Gasteiger partial charge in [-0.1, -0.05) is 13.8 Å². The van der Waals surface area contributed by atoms with Crippen molar-refractivity contribution in [3.8, 4) is 0 Å². The molecule has 2 rings (SSSR count). The van der Waals surface area contributed by atoms with Crippen LogP contribution in [0.15, 0.2) is 12.4 Å². The predicted octanol–water partition coefficient (Wildman–Crippen LogP) is 1.75. The molecule has 0 N–H and O–H groups in total. The maximum atomic E-state index is 11.2. The third-order valence-electron chi connectivity index (χ3n) is 3.52. The Bertz CT molecular complexity index is 417. The summed E-state index contributed by atoms with van der Waals surface area (Å²) in [5.74, 6) is 1.80. The fourth-order valence-electron chi connectivity index (χ4n) is 2.23. The summed E-state index contributed by atoms with van der Waals surface area (Å²) in [5, 5.41) is 0. The molecule has 1 fully saturated rings. The standard InChI is InChI=1S/C13H19N3O2/c1-9(2)10-4-5-16(8-10)12-7-14-11(6-15-12)13(17)18-3/h6-7,9-10H,4-5,8H2,1-3H3. The topological polar surface area (TPSA) is 55.3 Å². The summed E-state index contributed by atoms with van der Waals surface area (Å²) in [6.45, 7) is 6.53. The minimum atomic E-state index is -0.449. The molecular formula is C13H19N3O2. The molecule has 0 spiro atoms. The zero-order valence-electron chi connectivity index (χ0n) is 11.1. The first-order valence-electron chi connectivity index (χ1n) is 6.27. The average molecular weight is 249 g/mol. The van der Waals surface area contributed by atoms with Gasteiger partial charge in [0.05, 0.1) is 19.5 Å². The maximum Gasteiger partial charge on any atom is 0.358 e. The van der Waals surface area contributed by atoms with Crippen LogP contribution in [0.4, 0.5) is 5.82 Å². The molecule has 0 radical (unpaired) electrons. The van der Waals surface area contributed by atoms with Gasteiger partial charge < -0.3 is 9.64 Å². The van der Waals surface area contributed by atoms with Crippen LogP contribution in [0.25, 0.3) is 0 Å². The first kappa shape index (κ1) is 12.8. The van der Waals surface area contributed by atoms with Gasteiger partial charge in [0, 0.05) is 13.1 Å². The number of hydrogen-bond acceptors (Lipinski definition) is 5. The van der Waals surface area contributed by atoms with Crippen molar-refractivity contribution < 1.29 is 9.53 Å². The van der Waals surface area contributed by atoms with E-state index in [2.05, 4.69) is 33.5 Å². The van der Waals surface area contributed by atoms with Gasteiger partial charge in [-0.15, -0.1) is 0 Å². The first-order chi connectivity index (χ1) is 8.61. The zero-order chi connectivity index (χ0) is 13.1. The molecule has 5 heteroatoms. The molecule has 0 bridgehead atoms. The normalized spacial score (nSPS) is 19.3. The van der Waals surface area contributed by atoms with Crippen molar-refractivity contribution >= 4 is 11.8 Å². The first-order valence-corrected chi connectivity index (χ1v) is 6.27. The molecule has 1 aliphatic rings. The highest BCUT2D eigenvalue weighted by Gasteiger charge is 2.25. The van der Waals surface area contributed by atoms with Crippen LogP contribution in [0.5, 0.6) is 0 Å². The molecule has 0 amide bonds. The fourth-order valence-corrected chi connectivity index (χ4v) is 2.23. The predicted molar refractivity (Wildman–Crippen MR) is 68.5 cm³/mol. The molecule has 0 aromatic carbocycles. The quantitative estimate of drug-likeness (QED) is 0.764. The second-order valence-electron chi connectivity index (χ2n) is 4.99. The number of carbonyl (C=O) groups excluding carboxylic acids is 1. The van der Waals surface area contributed by atoms with Crippen molar-refractivity contribution in [3.63, 3.8) is 0 Å². The molecule has 1 atom stereocenters. The Kier molecular flexibility index (Phi) is 3.79. The van der Waals surface area contributed by atoms with Crippen LogP contribution in [0.2, 0.25) is 0 Å². The van der Waals surface area contributed by atoms with E-state index in [1.165, 1.54) is 19.7 Å². The summed E-state index contributed by atoms with van der Waals surface area (Å²) in [4.78, 5) is 21.8. The van der Waals surface area contributed by atoms with Crippen LogP contribution in [0.1, 0.15) is 30.8 Å². The van der Waals surface area contributed by atoms with E-state index < -0.39 is 5.97 Å². The molecular weight excluding hydrogens is 230 g/mol. The Hall–Kier alpha value is -1.65. The molecule has 18 heavy (non-hydrogen) atoms. The molecule has 98 valence electrons. The number of aromatic nitrogens is 2. The van der Waals surface area contributed by atoms with Crippen molar-refractivity contribution in [1.29, 1.82) is 0 Å². The van der Waals surface area contributed by atoms with Gasteiger partial charge in [0.15, 0.2) is 5.69 Å². The van der Waals surface area contributed by atoms with Gasteiger partial charge in [-0.2, -0.15) is 0 Å². The molecule has 1 aliphatic heterocycles. The number of ether oxygens (including phenoxy) is 1. The summed E-state index contributed by atoms with van der Waals surface area (Å²) < 4.78 is 4.60. The third-order valence-corrected chi connectivity index (χ3v) is 3.52. The number of nitrogens with zero attached hydrogens (tertiary/aromatic N) is 3. The van der Waals surface area contributed by atoms with Gasteiger partial charge in [-0.3, -0.25) is 0 Å². The van der Waals surface area contributed by atoms with Crippen LogP contribution >= 0.6 is 0 Å². The Morgan fingerprint density at radius 2 is 2.22 bits per heavy atom. The van der Waals surface area contributed by atoms with Gasteiger partial charge in [-0.05, 0) is 18.3 Å². The maximum absolute atomic E-state index is 11.2. The number of esters is 1. The fraction of sp³-hybridized carbons (Fsp3) is 0.615. The van der Waals surface area contributed by atoms with E-state index in [1.54, 1.807) is 6.20 Å². The Labute approximate surface area is 107 Å². The van der Waals surface area contributed by atoms with Gasteiger partial charge in [0.1, 0.15) is 5.82 Å². The second kappa shape index (κ2) is 5.33. The van der Waals surface area contributed by atoms with E-state index in [-0.39, 0.29) is 5.69 Å². The Morgan fingerprint density at radius 1 is 1.44 bits per heavy atom. The van der Waals surface area contributed by atoms with Crippen LogP contribution in [-0.2, 0) is 4.74 Å². The third kappa shape index (κ3) is 2.60. The number of hydrogen-bond donors (Lipinski definition) is 0. The number of rotatable bonds is 3. The lowest BCUT2D eigenvalue weighted by atomic mass is 9.95. The highest BCUT2D eigenvalue weighted by atomic mass is 16.5. The van der Waals surface area contributed by atoms with E-state index in [4.69, 9.17) is 0 Å². The lowest BCUT2D eigenvalue weighted by Crippen LogP contribution is -2.22. The molecule has 1 aromatic heterocycles. The van der Waals surface area contributed by atoms with Gasteiger partial charge in [0.2, 0.25) is 0 Å². The molecule has 1 aromatic rings. The number of methoxy groups -OCH3 is 1. The molecule has 0 saturated carbocycles. The lowest BCUT2D eigenvalue weighted by Gasteiger charge is -2.18.